The topological polar surface area (TPSA) is 91.8 Å². The summed E-state index contributed by atoms with van der Waals surface area (Å²) in [5.74, 6) is -2.10. The third-order valence-corrected chi connectivity index (χ3v) is 5.60. The zero-order chi connectivity index (χ0) is 21.7. The number of likely N-dealkylation sites (tertiary alicyclic amines) is 1. The van der Waals surface area contributed by atoms with Crippen LogP contribution in [0.4, 0.5) is 13.2 Å². The first-order chi connectivity index (χ1) is 13.5. The van der Waals surface area contributed by atoms with Gasteiger partial charge in [0.15, 0.2) is 0 Å². The van der Waals surface area contributed by atoms with Crippen LogP contribution >= 0.6 is 11.3 Å². The van der Waals surface area contributed by atoms with Crippen LogP contribution in [0.2, 0.25) is 0 Å². The SMILES string of the molecule is CC(C)C(=O)NCC1CCC2(CN(Cc3nccs3)C2)OC1.O=C(O)C(F)(F)F. The van der Waals surface area contributed by atoms with Gasteiger partial charge in [-0.1, -0.05) is 13.8 Å². The Bertz CT molecular complexity index is 666. The van der Waals surface area contributed by atoms with E-state index in [4.69, 9.17) is 14.6 Å². The molecule has 1 amide bonds. The normalized spacial score (nSPS) is 21.2. The highest BCUT2D eigenvalue weighted by molar-refractivity contribution is 7.09. The average molecular weight is 437 g/mol. The van der Waals surface area contributed by atoms with Crippen molar-refractivity contribution in [1.29, 1.82) is 0 Å². The first-order valence-corrected chi connectivity index (χ1v) is 10.2. The van der Waals surface area contributed by atoms with Gasteiger partial charge in [-0.3, -0.25) is 9.69 Å². The van der Waals surface area contributed by atoms with Crippen LogP contribution < -0.4 is 5.32 Å². The number of carboxylic acids is 1. The molecule has 2 saturated heterocycles. The maximum Gasteiger partial charge on any atom is 0.490 e. The molecule has 1 atom stereocenters. The number of hydrogen-bond donors (Lipinski definition) is 2. The van der Waals surface area contributed by atoms with Crippen LogP contribution in [0, 0.1) is 11.8 Å². The Balaban J connectivity index is 0.000000370. The molecule has 1 spiro atoms. The second kappa shape index (κ2) is 9.86. The number of alkyl halides is 3. The summed E-state index contributed by atoms with van der Waals surface area (Å²) in [6.07, 6.45) is -0.976. The number of carbonyl (C=O) groups excluding carboxylic acids is 1. The number of halogens is 3. The van der Waals surface area contributed by atoms with Gasteiger partial charge in [-0.2, -0.15) is 13.2 Å². The van der Waals surface area contributed by atoms with Gasteiger partial charge >= 0.3 is 12.1 Å². The summed E-state index contributed by atoms with van der Waals surface area (Å²) in [6.45, 7) is 8.32. The monoisotopic (exact) mass is 437 g/mol. The molecule has 1 aromatic heterocycles. The maximum absolute atomic E-state index is 11.6. The summed E-state index contributed by atoms with van der Waals surface area (Å²) in [6, 6.07) is 0. The van der Waals surface area contributed by atoms with Crippen molar-refractivity contribution in [3.63, 3.8) is 0 Å². The number of ether oxygens (including phenoxy) is 1. The van der Waals surface area contributed by atoms with Crippen molar-refractivity contribution in [2.75, 3.05) is 26.2 Å². The van der Waals surface area contributed by atoms with Crippen molar-refractivity contribution >= 4 is 23.2 Å². The number of rotatable bonds is 5. The maximum atomic E-state index is 11.6. The van der Waals surface area contributed by atoms with E-state index in [1.165, 1.54) is 5.01 Å². The molecule has 0 aliphatic carbocycles. The molecule has 2 aliphatic heterocycles. The van der Waals surface area contributed by atoms with E-state index in [1.54, 1.807) is 11.3 Å². The fourth-order valence-electron chi connectivity index (χ4n) is 3.18. The number of amides is 1. The average Bonchev–Trinajstić information content (AvgIpc) is 3.12. The van der Waals surface area contributed by atoms with E-state index in [0.29, 0.717) is 5.92 Å². The molecule has 0 bridgehead atoms. The lowest BCUT2D eigenvalue weighted by molar-refractivity contribution is -0.192. The van der Waals surface area contributed by atoms with Crippen molar-refractivity contribution < 1.29 is 32.6 Å². The molecule has 2 N–H and O–H groups in total. The van der Waals surface area contributed by atoms with Crippen LogP contribution in [0.25, 0.3) is 0 Å². The Kier molecular flexibility index (Phi) is 8.01. The van der Waals surface area contributed by atoms with Gasteiger partial charge in [0.1, 0.15) is 5.01 Å². The van der Waals surface area contributed by atoms with Crippen molar-refractivity contribution in [2.24, 2.45) is 11.8 Å². The smallest absolute Gasteiger partial charge is 0.475 e. The zero-order valence-electron chi connectivity index (χ0n) is 16.4. The number of nitrogens with one attached hydrogen (secondary N) is 1. The molecule has 7 nitrogen and oxygen atoms in total. The molecule has 3 heterocycles. The highest BCUT2D eigenvalue weighted by atomic mass is 32.1. The van der Waals surface area contributed by atoms with E-state index in [2.05, 4.69) is 15.2 Å². The Morgan fingerprint density at radius 2 is 2.10 bits per heavy atom. The number of thiazole rings is 1. The lowest BCUT2D eigenvalue weighted by atomic mass is 9.83. The van der Waals surface area contributed by atoms with Gasteiger partial charge in [0.2, 0.25) is 5.91 Å². The van der Waals surface area contributed by atoms with Crippen LogP contribution in [0.1, 0.15) is 31.7 Å². The Morgan fingerprint density at radius 1 is 1.45 bits per heavy atom. The lowest BCUT2D eigenvalue weighted by Crippen LogP contribution is -2.64. The highest BCUT2D eigenvalue weighted by Crippen LogP contribution is 2.36. The number of nitrogens with zero attached hydrogens (tertiary/aromatic N) is 2. The summed E-state index contributed by atoms with van der Waals surface area (Å²) in [5, 5.41) is 13.3. The summed E-state index contributed by atoms with van der Waals surface area (Å²) in [5.41, 5.74) is 0.0653. The van der Waals surface area contributed by atoms with E-state index in [9.17, 15) is 18.0 Å². The fraction of sp³-hybridized carbons (Fsp3) is 0.722. The van der Waals surface area contributed by atoms with E-state index in [1.807, 2.05) is 25.4 Å². The Morgan fingerprint density at radius 3 is 2.55 bits per heavy atom. The second-order valence-corrected chi connectivity index (χ2v) is 8.65. The van der Waals surface area contributed by atoms with Gasteiger partial charge in [-0.25, -0.2) is 9.78 Å². The summed E-state index contributed by atoms with van der Waals surface area (Å²) in [4.78, 5) is 27.2. The Labute approximate surface area is 171 Å². The van der Waals surface area contributed by atoms with Crippen molar-refractivity contribution in [2.45, 2.75) is 45.0 Å². The van der Waals surface area contributed by atoms with Gasteiger partial charge in [0.05, 0.1) is 18.8 Å². The minimum Gasteiger partial charge on any atom is -0.475 e. The minimum atomic E-state index is -5.08. The fourth-order valence-corrected chi connectivity index (χ4v) is 3.84. The van der Waals surface area contributed by atoms with E-state index in [-0.39, 0.29) is 17.4 Å². The third-order valence-electron chi connectivity index (χ3n) is 4.83. The molecule has 164 valence electrons. The van der Waals surface area contributed by atoms with Crippen LogP contribution in [0.5, 0.6) is 0 Å². The molecule has 1 aromatic rings. The first-order valence-electron chi connectivity index (χ1n) is 9.33. The number of hydrogen-bond acceptors (Lipinski definition) is 6. The predicted octanol–water partition coefficient (Wildman–Crippen LogP) is 2.53. The van der Waals surface area contributed by atoms with Gasteiger partial charge in [0, 0.05) is 37.1 Å². The van der Waals surface area contributed by atoms with Crippen LogP contribution in [-0.4, -0.2) is 64.9 Å². The molecule has 2 fully saturated rings. The molecule has 3 rings (SSSR count). The second-order valence-electron chi connectivity index (χ2n) is 7.67. The minimum absolute atomic E-state index is 0.0573. The van der Waals surface area contributed by atoms with Gasteiger partial charge < -0.3 is 15.2 Å². The molecule has 2 aliphatic rings. The van der Waals surface area contributed by atoms with Crippen LogP contribution in [-0.2, 0) is 20.9 Å². The molecule has 1 unspecified atom stereocenters. The van der Waals surface area contributed by atoms with Gasteiger partial charge in [-0.15, -0.1) is 11.3 Å². The predicted molar refractivity (Wildman–Crippen MR) is 100 cm³/mol. The number of carboxylic acid groups (broad SMARTS) is 1. The Hall–Kier alpha value is -1.72. The molecule has 0 aromatic carbocycles. The van der Waals surface area contributed by atoms with Gasteiger partial charge in [-0.05, 0) is 18.8 Å². The molecule has 0 saturated carbocycles. The van der Waals surface area contributed by atoms with E-state index in [0.717, 1.165) is 45.6 Å². The molecule has 0 radical (unpaired) electrons. The molecular formula is C18H26F3N3O4S. The quantitative estimate of drug-likeness (QED) is 0.736. The third kappa shape index (κ3) is 7.23. The zero-order valence-corrected chi connectivity index (χ0v) is 17.2. The molecular weight excluding hydrogens is 411 g/mol. The lowest BCUT2D eigenvalue weighted by Gasteiger charge is -2.52. The summed E-state index contributed by atoms with van der Waals surface area (Å²) < 4.78 is 37.9. The van der Waals surface area contributed by atoms with Crippen LogP contribution in [0.15, 0.2) is 11.6 Å². The highest BCUT2D eigenvalue weighted by Gasteiger charge is 2.46. The standard InChI is InChI=1S/C16H25N3O2S.C2HF3O2/c1-12(2)15(20)18-7-13-3-4-16(21-9-13)10-19(11-16)8-14-17-5-6-22-14;3-2(4,5)1(6)7/h5-6,12-13H,3-4,7-11H2,1-2H3,(H,18,20);(H,6,7). The largest absolute Gasteiger partial charge is 0.490 e. The molecule has 29 heavy (non-hydrogen) atoms. The van der Waals surface area contributed by atoms with Crippen molar-refractivity contribution in [3.8, 4) is 0 Å². The number of carbonyl (C=O) groups is 2. The summed E-state index contributed by atoms with van der Waals surface area (Å²) in [7, 11) is 0. The van der Waals surface area contributed by atoms with Crippen molar-refractivity contribution in [3.05, 3.63) is 16.6 Å². The van der Waals surface area contributed by atoms with Crippen molar-refractivity contribution in [1.82, 2.24) is 15.2 Å². The first kappa shape index (κ1) is 23.6. The van der Waals surface area contributed by atoms with E-state index < -0.39 is 12.1 Å². The number of aromatic nitrogens is 1. The molecule has 11 heteroatoms. The van der Waals surface area contributed by atoms with E-state index >= 15 is 0 Å². The van der Waals surface area contributed by atoms with Gasteiger partial charge in [0.25, 0.3) is 0 Å². The van der Waals surface area contributed by atoms with Crippen LogP contribution in [0.3, 0.4) is 0 Å². The summed E-state index contributed by atoms with van der Waals surface area (Å²) >= 11 is 1.71. The number of aliphatic carboxylic acids is 1.